The molecular weight excluding hydrogens is 293 g/mol. The van der Waals surface area contributed by atoms with E-state index in [0.29, 0.717) is 0 Å². The maximum atomic E-state index is 4.34. The minimum atomic E-state index is 0.847. The van der Waals surface area contributed by atoms with Gasteiger partial charge in [0, 0.05) is 14.5 Å². The second-order valence-electron chi connectivity index (χ2n) is 2.62. The van der Waals surface area contributed by atoms with Crippen molar-refractivity contribution >= 4 is 33.9 Å². The second-order valence-corrected chi connectivity index (χ2v) is 4.64. The molecule has 13 heavy (non-hydrogen) atoms. The van der Waals surface area contributed by atoms with E-state index >= 15 is 0 Å². The van der Waals surface area contributed by atoms with E-state index in [-0.39, 0.29) is 0 Å². The topological polar surface area (TPSA) is 12.9 Å². The van der Waals surface area contributed by atoms with Crippen molar-refractivity contribution in [3.05, 3.63) is 45.8 Å². The molecule has 0 amide bonds. The SMILES string of the molecule is [CH2]c1csc(-c2ccccc2I)n1. The number of halogens is 1. The number of benzene rings is 1. The molecule has 0 aliphatic heterocycles. The molecule has 0 bridgehead atoms. The second kappa shape index (κ2) is 3.75. The van der Waals surface area contributed by atoms with Crippen LogP contribution in [0.3, 0.4) is 0 Å². The van der Waals surface area contributed by atoms with Crippen molar-refractivity contribution in [2.45, 2.75) is 0 Å². The fourth-order valence-electron chi connectivity index (χ4n) is 1.07. The van der Waals surface area contributed by atoms with Gasteiger partial charge in [-0.3, -0.25) is 0 Å². The van der Waals surface area contributed by atoms with E-state index in [4.69, 9.17) is 0 Å². The largest absolute Gasteiger partial charge is 0.241 e. The van der Waals surface area contributed by atoms with Gasteiger partial charge in [0.2, 0.25) is 0 Å². The molecular formula is C10H7INS. The van der Waals surface area contributed by atoms with Gasteiger partial charge in [-0.1, -0.05) is 18.2 Å². The van der Waals surface area contributed by atoms with Crippen LogP contribution in [0.1, 0.15) is 5.69 Å². The lowest BCUT2D eigenvalue weighted by Gasteiger charge is -1.98. The monoisotopic (exact) mass is 300 g/mol. The standard InChI is InChI=1S/C10H7INS/c1-7-6-13-10(12-7)8-4-2-3-5-9(8)11/h2-6H,1H2. The third-order valence-corrected chi connectivity index (χ3v) is 3.52. The minimum Gasteiger partial charge on any atom is -0.241 e. The first kappa shape index (κ1) is 9.15. The van der Waals surface area contributed by atoms with Gasteiger partial charge in [0.25, 0.3) is 0 Å². The quantitative estimate of drug-likeness (QED) is 0.733. The Morgan fingerprint density at radius 1 is 1.31 bits per heavy atom. The van der Waals surface area contributed by atoms with Gasteiger partial charge in [0.05, 0.1) is 5.69 Å². The molecule has 1 nitrogen and oxygen atoms in total. The summed E-state index contributed by atoms with van der Waals surface area (Å²) in [5.41, 5.74) is 2.04. The Kier molecular flexibility index (Phi) is 2.64. The summed E-state index contributed by atoms with van der Waals surface area (Å²) < 4.78 is 1.23. The molecule has 1 aromatic carbocycles. The average Bonchev–Trinajstić information content (AvgIpc) is 2.53. The Hall–Kier alpha value is -0.420. The maximum absolute atomic E-state index is 4.34. The summed E-state index contributed by atoms with van der Waals surface area (Å²) in [6, 6.07) is 8.23. The predicted octanol–water partition coefficient (Wildman–Crippen LogP) is 3.60. The summed E-state index contributed by atoms with van der Waals surface area (Å²) in [7, 11) is 0. The van der Waals surface area contributed by atoms with E-state index in [1.165, 1.54) is 9.13 Å². The lowest BCUT2D eigenvalue weighted by Crippen LogP contribution is -1.80. The average molecular weight is 300 g/mol. The number of hydrogen-bond donors (Lipinski definition) is 0. The van der Waals surface area contributed by atoms with Crippen molar-refractivity contribution in [3.63, 3.8) is 0 Å². The Morgan fingerprint density at radius 2 is 2.08 bits per heavy atom. The fourth-order valence-corrected chi connectivity index (χ4v) is 2.67. The molecule has 1 radical (unpaired) electrons. The van der Waals surface area contributed by atoms with Gasteiger partial charge >= 0.3 is 0 Å². The van der Waals surface area contributed by atoms with E-state index in [2.05, 4.69) is 46.6 Å². The first-order valence-corrected chi connectivity index (χ1v) is 5.75. The van der Waals surface area contributed by atoms with E-state index in [1.54, 1.807) is 11.3 Å². The highest BCUT2D eigenvalue weighted by molar-refractivity contribution is 14.1. The van der Waals surface area contributed by atoms with E-state index in [0.717, 1.165) is 10.7 Å². The third-order valence-electron chi connectivity index (χ3n) is 1.66. The number of rotatable bonds is 1. The Morgan fingerprint density at radius 3 is 2.69 bits per heavy atom. The van der Waals surface area contributed by atoms with Crippen LogP contribution in [-0.2, 0) is 0 Å². The van der Waals surface area contributed by atoms with Crippen molar-refractivity contribution < 1.29 is 0 Å². The van der Waals surface area contributed by atoms with Crippen LogP contribution in [0.5, 0.6) is 0 Å². The molecule has 1 heterocycles. The van der Waals surface area contributed by atoms with Crippen LogP contribution in [0.15, 0.2) is 29.6 Å². The summed E-state index contributed by atoms with van der Waals surface area (Å²) in [4.78, 5) is 4.34. The van der Waals surface area contributed by atoms with Crippen LogP contribution in [0.2, 0.25) is 0 Å². The molecule has 2 rings (SSSR count). The first-order valence-electron chi connectivity index (χ1n) is 3.80. The zero-order valence-corrected chi connectivity index (χ0v) is 9.80. The summed E-state index contributed by atoms with van der Waals surface area (Å²) >= 11 is 3.96. The van der Waals surface area contributed by atoms with Crippen molar-refractivity contribution in [2.24, 2.45) is 0 Å². The summed E-state index contributed by atoms with van der Waals surface area (Å²) in [5.74, 6) is 0. The molecule has 65 valence electrons. The van der Waals surface area contributed by atoms with Crippen molar-refractivity contribution in [1.82, 2.24) is 4.98 Å². The molecule has 3 heteroatoms. The first-order chi connectivity index (χ1) is 6.27. The highest BCUT2D eigenvalue weighted by atomic mass is 127. The molecule has 0 saturated carbocycles. The summed E-state index contributed by atoms with van der Waals surface area (Å²) in [5, 5.41) is 3.02. The molecule has 0 fully saturated rings. The number of aromatic nitrogens is 1. The zero-order valence-electron chi connectivity index (χ0n) is 6.83. The van der Waals surface area contributed by atoms with Crippen molar-refractivity contribution in [3.8, 4) is 10.6 Å². The van der Waals surface area contributed by atoms with Gasteiger partial charge in [-0.25, -0.2) is 4.98 Å². The molecule has 0 spiro atoms. The van der Waals surface area contributed by atoms with Gasteiger partial charge in [0.1, 0.15) is 5.01 Å². The Balaban J connectivity index is 2.52. The lowest BCUT2D eigenvalue weighted by molar-refractivity contribution is 1.34. The number of hydrogen-bond acceptors (Lipinski definition) is 2. The van der Waals surface area contributed by atoms with Gasteiger partial charge in [0.15, 0.2) is 0 Å². The van der Waals surface area contributed by atoms with Gasteiger partial charge in [-0.05, 0) is 35.6 Å². The Labute approximate surface area is 95.0 Å². The smallest absolute Gasteiger partial charge is 0.124 e. The van der Waals surface area contributed by atoms with Crippen LogP contribution in [0, 0.1) is 10.5 Å². The highest BCUT2D eigenvalue weighted by Gasteiger charge is 2.04. The van der Waals surface area contributed by atoms with Crippen molar-refractivity contribution in [1.29, 1.82) is 0 Å². The third kappa shape index (κ3) is 1.91. The Bertz CT molecular complexity index is 422. The summed E-state index contributed by atoms with van der Waals surface area (Å²) in [6.07, 6.45) is 0. The van der Waals surface area contributed by atoms with Crippen LogP contribution < -0.4 is 0 Å². The van der Waals surface area contributed by atoms with Crippen LogP contribution in [-0.4, -0.2) is 4.98 Å². The molecule has 2 aromatic rings. The van der Waals surface area contributed by atoms with Gasteiger partial charge < -0.3 is 0 Å². The van der Waals surface area contributed by atoms with E-state index in [1.807, 2.05) is 17.5 Å². The summed E-state index contributed by atoms with van der Waals surface area (Å²) in [6.45, 7) is 3.79. The molecule has 0 aliphatic carbocycles. The highest BCUT2D eigenvalue weighted by Crippen LogP contribution is 2.27. The fraction of sp³-hybridized carbons (Fsp3) is 0. The number of nitrogens with zero attached hydrogens (tertiary/aromatic N) is 1. The van der Waals surface area contributed by atoms with Crippen molar-refractivity contribution in [2.75, 3.05) is 0 Å². The van der Waals surface area contributed by atoms with Gasteiger partial charge in [-0.2, -0.15) is 0 Å². The minimum absolute atomic E-state index is 0.847. The van der Waals surface area contributed by atoms with Crippen LogP contribution >= 0.6 is 33.9 Å². The van der Waals surface area contributed by atoms with Gasteiger partial charge in [-0.15, -0.1) is 11.3 Å². The maximum Gasteiger partial charge on any atom is 0.124 e. The number of thiazole rings is 1. The predicted molar refractivity (Wildman–Crippen MR) is 64.7 cm³/mol. The van der Waals surface area contributed by atoms with Crippen LogP contribution in [0.25, 0.3) is 10.6 Å². The molecule has 0 unspecified atom stereocenters. The zero-order chi connectivity index (χ0) is 9.26. The normalized spacial score (nSPS) is 10.3. The van der Waals surface area contributed by atoms with Crippen LogP contribution in [0.4, 0.5) is 0 Å². The molecule has 1 aromatic heterocycles. The lowest BCUT2D eigenvalue weighted by atomic mass is 10.2. The van der Waals surface area contributed by atoms with E-state index in [9.17, 15) is 0 Å². The molecule has 0 N–H and O–H groups in total. The molecule has 0 atom stereocenters. The van der Waals surface area contributed by atoms with E-state index < -0.39 is 0 Å². The molecule has 0 saturated heterocycles. The molecule has 0 aliphatic rings.